The number of amides is 1. The third kappa shape index (κ3) is 3.70. The lowest BCUT2D eigenvalue weighted by atomic mass is 10.1. The second-order valence-corrected chi connectivity index (χ2v) is 6.95. The minimum atomic E-state index is -0.390. The van der Waals surface area contributed by atoms with Gasteiger partial charge < -0.3 is 10.6 Å². The van der Waals surface area contributed by atoms with E-state index in [4.69, 9.17) is 0 Å². The van der Waals surface area contributed by atoms with Gasteiger partial charge in [0.05, 0.1) is 0 Å². The molecule has 7 nitrogen and oxygen atoms in total. The maximum Gasteiger partial charge on any atom is 0.251 e. The summed E-state index contributed by atoms with van der Waals surface area (Å²) in [6, 6.07) is 10.0. The van der Waals surface area contributed by atoms with Crippen LogP contribution in [-0.4, -0.2) is 38.8 Å². The van der Waals surface area contributed by atoms with E-state index >= 15 is 0 Å². The van der Waals surface area contributed by atoms with Crippen molar-refractivity contribution in [1.82, 2.24) is 25.1 Å². The Hall–Kier alpha value is -3.33. The van der Waals surface area contributed by atoms with E-state index in [0.717, 1.165) is 5.56 Å². The van der Waals surface area contributed by atoms with Crippen molar-refractivity contribution in [2.24, 2.45) is 0 Å². The van der Waals surface area contributed by atoms with Gasteiger partial charge in [0.1, 0.15) is 11.6 Å². The smallest absolute Gasteiger partial charge is 0.251 e. The van der Waals surface area contributed by atoms with Gasteiger partial charge in [0.15, 0.2) is 11.5 Å². The molecule has 0 saturated carbocycles. The predicted octanol–water partition coefficient (Wildman–Crippen LogP) is 3.14. The van der Waals surface area contributed by atoms with Crippen LogP contribution in [0.15, 0.2) is 47.2 Å². The number of aromatic nitrogens is 4. The minimum absolute atomic E-state index is 0.299. The Bertz CT molecular complexity index is 1120. The molecule has 142 valence electrons. The summed E-state index contributed by atoms with van der Waals surface area (Å²) in [7, 11) is 0. The second kappa shape index (κ2) is 7.73. The molecule has 0 unspecified atom stereocenters. The number of halogens is 1. The van der Waals surface area contributed by atoms with Crippen LogP contribution in [0, 0.1) is 12.7 Å². The molecule has 2 N–H and O–H groups in total. The van der Waals surface area contributed by atoms with E-state index in [1.807, 2.05) is 22.9 Å². The molecule has 1 aromatic carbocycles. The number of fused-ring (bicyclic) bond motifs is 1. The van der Waals surface area contributed by atoms with Gasteiger partial charge in [-0.25, -0.2) is 4.39 Å². The largest absolute Gasteiger partial charge is 0.367 e. The zero-order valence-electron chi connectivity index (χ0n) is 15.0. The Kier molecular flexibility index (Phi) is 4.98. The number of hydrogen-bond acceptors (Lipinski definition) is 6. The second-order valence-electron chi connectivity index (χ2n) is 6.17. The minimum Gasteiger partial charge on any atom is -0.367 e. The predicted molar refractivity (Wildman–Crippen MR) is 106 cm³/mol. The maximum absolute atomic E-state index is 13.6. The molecule has 0 bridgehead atoms. The van der Waals surface area contributed by atoms with E-state index < -0.39 is 5.82 Å². The molecule has 0 atom stereocenters. The van der Waals surface area contributed by atoms with Crippen molar-refractivity contribution in [3.63, 3.8) is 0 Å². The van der Waals surface area contributed by atoms with E-state index in [0.29, 0.717) is 41.5 Å². The molecule has 0 spiro atoms. The summed E-state index contributed by atoms with van der Waals surface area (Å²) in [6.07, 6.45) is 0. The summed E-state index contributed by atoms with van der Waals surface area (Å²) in [4.78, 5) is 12.1. The number of carbonyl (C=O) groups is 1. The summed E-state index contributed by atoms with van der Waals surface area (Å²) in [5.41, 5.74) is 2.42. The molecule has 3 heterocycles. The van der Waals surface area contributed by atoms with Gasteiger partial charge in [-0.15, -0.1) is 15.3 Å². The van der Waals surface area contributed by atoms with Crippen molar-refractivity contribution in [2.45, 2.75) is 6.92 Å². The van der Waals surface area contributed by atoms with Crippen molar-refractivity contribution in [2.75, 3.05) is 18.4 Å². The summed E-state index contributed by atoms with van der Waals surface area (Å²) in [5.74, 6) is 0.607. The van der Waals surface area contributed by atoms with Crippen LogP contribution < -0.4 is 10.6 Å². The van der Waals surface area contributed by atoms with Gasteiger partial charge in [-0.2, -0.15) is 15.9 Å². The molecule has 0 saturated heterocycles. The number of anilines is 1. The molecule has 0 fully saturated rings. The third-order valence-corrected chi connectivity index (χ3v) is 4.88. The van der Waals surface area contributed by atoms with E-state index in [1.165, 1.54) is 6.07 Å². The molecule has 4 rings (SSSR count). The van der Waals surface area contributed by atoms with Crippen LogP contribution in [0.2, 0.25) is 0 Å². The van der Waals surface area contributed by atoms with Gasteiger partial charge in [-0.1, -0.05) is 6.07 Å². The van der Waals surface area contributed by atoms with Crippen LogP contribution in [0.3, 0.4) is 0 Å². The summed E-state index contributed by atoms with van der Waals surface area (Å²) in [6.45, 7) is 2.49. The molecule has 4 aromatic rings. The summed E-state index contributed by atoms with van der Waals surface area (Å²) < 4.78 is 15.3. The van der Waals surface area contributed by atoms with E-state index in [2.05, 4.69) is 25.9 Å². The van der Waals surface area contributed by atoms with Gasteiger partial charge in [-0.05, 0) is 48.2 Å². The fourth-order valence-electron chi connectivity index (χ4n) is 2.66. The number of nitrogens with one attached hydrogen (secondary N) is 2. The molecule has 0 aliphatic rings. The SMILES string of the molecule is Cc1ccc(C(=O)NCCNc2ccc3nnc(-c4ccsc4)n3n2)cc1F. The highest BCUT2D eigenvalue weighted by Gasteiger charge is 2.11. The van der Waals surface area contributed by atoms with Crippen molar-refractivity contribution >= 4 is 28.7 Å². The molecular formula is C19H17FN6OS. The van der Waals surface area contributed by atoms with Crippen LogP contribution in [0.5, 0.6) is 0 Å². The first kappa shape index (κ1) is 18.1. The highest BCUT2D eigenvalue weighted by molar-refractivity contribution is 7.08. The Balaban J connectivity index is 1.37. The Morgan fingerprint density at radius 2 is 2.07 bits per heavy atom. The van der Waals surface area contributed by atoms with Gasteiger partial charge >= 0.3 is 0 Å². The summed E-state index contributed by atoms with van der Waals surface area (Å²) >= 11 is 1.58. The zero-order valence-corrected chi connectivity index (χ0v) is 15.8. The Labute approximate surface area is 164 Å². The maximum atomic E-state index is 13.6. The molecule has 0 radical (unpaired) electrons. The van der Waals surface area contributed by atoms with Crippen LogP contribution >= 0.6 is 11.3 Å². The third-order valence-electron chi connectivity index (χ3n) is 4.19. The lowest BCUT2D eigenvalue weighted by Crippen LogP contribution is -2.29. The monoisotopic (exact) mass is 396 g/mol. The molecule has 1 amide bonds. The van der Waals surface area contributed by atoms with Crippen molar-refractivity contribution in [1.29, 1.82) is 0 Å². The number of aryl methyl sites for hydroxylation is 1. The standard InChI is InChI=1S/C19H17FN6OS/c1-12-2-3-13(10-15(12)20)19(27)22-8-7-21-16-4-5-17-23-24-18(26(17)25-16)14-6-9-28-11-14/h2-6,9-11H,7-8H2,1H3,(H,21,25)(H,22,27). The quantitative estimate of drug-likeness (QED) is 0.489. The van der Waals surface area contributed by atoms with E-state index in [1.54, 1.807) is 41.0 Å². The Morgan fingerprint density at radius 3 is 2.86 bits per heavy atom. The van der Waals surface area contributed by atoms with Gasteiger partial charge in [0.25, 0.3) is 5.91 Å². The number of thiophene rings is 1. The van der Waals surface area contributed by atoms with Crippen LogP contribution in [0.25, 0.3) is 17.0 Å². The van der Waals surface area contributed by atoms with E-state index in [-0.39, 0.29) is 5.91 Å². The molecule has 3 aromatic heterocycles. The number of nitrogens with zero attached hydrogens (tertiary/aromatic N) is 4. The van der Waals surface area contributed by atoms with Crippen LogP contribution in [0.4, 0.5) is 10.2 Å². The number of rotatable bonds is 6. The first-order valence-electron chi connectivity index (χ1n) is 8.65. The number of hydrogen-bond donors (Lipinski definition) is 2. The molecule has 0 aliphatic heterocycles. The van der Waals surface area contributed by atoms with Crippen LogP contribution in [0.1, 0.15) is 15.9 Å². The molecule has 0 aliphatic carbocycles. The first-order valence-corrected chi connectivity index (χ1v) is 9.59. The average Bonchev–Trinajstić information content (AvgIpc) is 3.36. The van der Waals surface area contributed by atoms with Gasteiger partial charge in [0, 0.05) is 29.6 Å². The lowest BCUT2D eigenvalue weighted by Gasteiger charge is -2.08. The number of benzene rings is 1. The first-order chi connectivity index (χ1) is 13.6. The van der Waals surface area contributed by atoms with E-state index in [9.17, 15) is 9.18 Å². The molecular weight excluding hydrogens is 379 g/mol. The molecule has 9 heteroatoms. The van der Waals surface area contributed by atoms with Gasteiger partial charge in [0.2, 0.25) is 0 Å². The lowest BCUT2D eigenvalue weighted by molar-refractivity contribution is 0.0954. The normalized spacial score (nSPS) is 10.9. The van der Waals surface area contributed by atoms with Gasteiger partial charge in [-0.3, -0.25) is 4.79 Å². The fourth-order valence-corrected chi connectivity index (χ4v) is 3.29. The topological polar surface area (TPSA) is 84.2 Å². The van der Waals surface area contributed by atoms with Crippen molar-refractivity contribution in [3.05, 3.63) is 64.1 Å². The molecule has 28 heavy (non-hydrogen) atoms. The highest BCUT2D eigenvalue weighted by Crippen LogP contribution is 2.20. The van der Waals surface area contributed by atoms with Crippen molar-refractivity contribution in [3.8, 4) is 11.4 Å². The highest BCUT2D eigenvalue weighted by atomic mass is 32.1. The summed E-state index contributed by atoms with van der Waals surface area (Å²) in [5, 5.41) is 22.7. The zero-order chi connectivity index (χ0) is 19.5. The Morgan fingerprint density at radius 1 is 1.18 bits per heavy atom. The van der Waals surface area contributed by atoms with Crippen molar-refractivity contribution < 1.29 is 9.18 Å². The van der Waals surface area contributed by atoms with Crippen LogP contribution in [-0.2, 0) is 0 Å². The fraction of sp³-hybridized carbons (Fsp3) is 0.158. The average molecular weight is 396 g/mol. The number of carbonyl (C=O) groups excluding carboxylic acids is 1.